The summed E-state index contributed by atoms with van der Waals surface area (Å²) < 4.78 is 0. The summed E-state index contributed by atoms with van der Waals surface area (Å²) in [5, 5.41) is 13.3. The third kappa shape index (κ3) is 4.11. The lowest BCUT2D eigenvalue weighted by atomic mass is 9.92. The van der Waals surface area contributed by atoms with E-state index in [2.05, 4.69) is 39.6 Å². The summed E-state index contributed by atoms with van der Waals surface area (Å²) in [6.07, 6.45) is 2.26. The van der Waals surface area contributed by atoms with Crippen LogP contribution in [0.4, 0.5) is 5.69 Å². The van der Waals surface area contributed by atoms with Gasteiger partial charge in [-0.05, 0) is 41.0 Å². The number of rotatable bonds is 6. The number of carbonyl (C=O) groups is 1. The molecule has 0 atom stereocenters. The van der Waals surface area contributed by atoms with Crippen molar-refractivity contribution in [1.29, 1.82) is 0 Å². The van der Waals surface area contributed by atoms with Crippen LogP contribution >= 0.6 is 0 Å². The van der Waals surface area contributed by atoms with Crippen molar-refractivity contribution in [3.8, 4) is 5.75 Å². The summed E-state index contributed by atoms with van der Waals surface area (Å²) in [6, 6.07) is 11.2. The van der Waals surface area contributed by atoms with Crippen LogP contribution in [0.2, 0.25) is 0 Å². The van der Waals surface area contributed by atoms with E-state index in [1.54, 1.807) is 18.2 Å². The Labute approximate surface area is 150 Å². The number of amides is 1. The first-order chi connectivity index (χ1) is 11.9. The number of hydrogen-bond donors (Lipinski definition) is 2. The van der Waals surface area contributed by atoms with Crippen molar-refractivity contribution in [3.05, 3.63) is 71.3 Å². The van der Waals surface area contributed by atoms with Gasteiger partial charge in [0, 0.05) is 5.69 Å². The molecule has 0 bridgehead atoms. The normalized spacial score (nSPS) is 11.0. The van der Waals surface area contributed by atoms with Crippen LogP contribution in [0.1, 0.15) is 66.6 Å². The summed E-state index contributed by atoms with van der Waals surface area (Å²) in [5.41, 5.74) is 4.13. The van der Waals surface area contributed by atoms with Crippen LogP contribution < -0.4 is 5.32 Å². The molecule has 2 aromatic rings. The summed E-state index contributed by atoms with van der Waals surface area (Å²) in [4.78, 5) is 13.0. The van der Waals surface area contributed by atoms with Crippen LogP contribution in [0.5, 0.6) is 5.75 Å². The molecule has 0 aromatic heterocycles. The van der Waals surface area contributed by atoms with Gasteiger partial charge in [-0.2, -0.15) is 0 Å². The summed E-state index contributed by atoms with van der Waals surface area (Å²) >= 11 is 0. The highest BCUT2D eigenvalue weighted by Crippen LogP contribution is 2.33. The van der Waals surface area contributed by atoms with Crippen LogP contribution in [0, 0.1) is 0 Å². The Morgan fingerprint density at radius 3 is 2.16 bits per heavy atom. The molecule has 0 aliphatic heterocycles. The molecule has 0 spiro atoms. The van der Waals surface area contributed by atoms with Gasteiger partial charge in [-0.3, -0.25) is 4.79 Å². The number of allylic oxidation sites excluding steroid dienone is 1. The standard InChI is InChI=1S/C22H27NO2/c1-6-9-16-10-7-13-19(24)20(16)22(25)23-21-17(14(2)3)11-8-12-18(21)15(4)5/h6-8,10-15,24H,1,9H2,2-5H3,(H,23,25). The number of para-hydroxylation sites is 1. The number of anilines is 1. The predicted molar refractivity (Wildman–Crippen MR) is 105 cm³/mol. The molecule has 1 amide bonds. The minimum absolute atomic E-state index is 0.00928. The van der Waals surface area contributed by atoms with Gasteiger partial charge in [0.05, 0.1) is 5.56 Å². The molecular formula is C22H27NO2. The number of phenolic OH excluding ortho intramolecular Hbond substituents is 1. The van der Waals surface area contributed by atoms with Crippen LogP contribution in [0.25, 0.3) is 0 Å². The fourth-order valence-corrected chi connectivity index (χ4v) is 3.05. The molecule has 2 aromatic carbocycles. The molecule has 0 aliphatic carbocycles. The quantitative estimate of drug-likeness (QED) is 0.672. The second-order valence-electron chi connectivity index (χ2n) is 6.88. The smallest absolute Gasteiger partial charge is 0.259 e. The van der Waals surface area contributed by atoms with Gasteiger partial charge in [0.15, 0.2) is 0 Å². The molecule has 2 rings (SSSR count). The first-order valence-electron chi connectivity index (χ1n) is 8.72. The average Bonchev–Trinajstić information content (AvgIpc) is 2.54. The molecular weight excluding hydrogens is 310 g/mol. The van der Waals surface area contributed by atoms with Crippen LogP contribution in [-0.4, -0.2) is 11.0 Å². The third-order valence-corrected chi connectivity index (χ3v) is 4.33. The van der Waals surface area contributed by atoms with Gasteiger partial charge in [0.2, 0.25) is 0 Å². The van der Waals surface area contributed by atoms with E-state index >= 15 is 0 Å². The van der Waals surface area contributed by atoms with E-state index in [1.165, 1.54) is 0 Å². The summed E-state index contributed by atoms with van der Waals surface area (Å²) in [5.74, 6) is 0.270. The Balaban J connectivity index is 2.50. The number of benzene rings is 2. The van der Waals surface area contributed by atoms with Gasteiger partial charge in [-0.15, -0.1) is 6.58 Å². The molecule has 25 heavy (non-hydrogen) atoms. The lowest BCUT2D eigenvalue weighted by molar-refractivity contribution is 0.102. The molecule has 0 saturated carbocycles. The van der Waals surface area contributed by atoms with Gasteiger partial charge in [-0.1, -0.05) is 64.1 Å². The van der Waals surface area contributed by atoms with E-state index < -0.39 is 0 Å². The fourth-order valence-electron chi connectivity index (χ4n) is 3.05. The van der Waals surface area contributed by atoms with Crippen LogP contribution in [0.3, 0.4) is 0 Å². The van der Waals surface area contributed by atoms with Crippen molar-refractivity contribution in [3.63, 3.8) is 0 Å². The summed E-state index contributed by atoms with van der Waals surface area (Å²) in [7, 11) is 0. The van der Waals surface area contributed by atoms with E-state index in [-0.39, 0.29) is 23.5 Å². The zero-order chi connectivity index (χ0) is 18.6. The average molecular weight is 337 g/mol. The number of carbonyl (C=O) groups excluding carboxylic acids is 1. The van der Waals surface area contributed by atoms with E-state index in [0.717, 1.165) is 22.4 Å². The molecule has 2 N–H and O–H groups in total. The lowest BCUT2D eigenvalue weighted by Crippen LogP contribution is -2.17. The largest absolute Gasteiger partial charge is 0.507 e. The second-order valence-corrected chi connectivity index (χ2v) is 6.88. The molecule has 3 nitrogen and oxygen atoms in total. The van der Waals surface area contributed by atoms with Crippen molar-refractivity contribution >= 4 is 11.6 Å². The number of aromatic hydroxyl groups is 1. The lowest BCUT2D eigenvalue weighted by Gasteiger charge is -2.21. The van der Waals surface area contributed by atoms with Crippen LogP contribution in [-0.2, 0) is 6.42 Å². The number of nitrogens with one attached hydrogen (secondary N) is 1. The molecule has 3 heteroatoms. The fraction of sp³-hybridized carbons (Fsp3) is 0.318. The monoisotopic (exact) mass is 337 g/mol. The van der Waals surface area contributed by atoms with Crippen molar-refractivity contribution in [2.75, 3.05) is 5.32 Å². The van der Waals surface area contributed by atoms with Gasteiger partial charge in [-0.25, -0.2) is 0 Å². The van der Waals surface area contributed by atoms with Gasteiger partial charge in [0.1, 0.15) is 5.75 Å². The van der Waals surface area contributed by atoms with Crippen LogP contribution in [0.15, 0.2) is 49.1 Å². The highest BCUT2D eigenvalue weighted by Gasteiger charge is 2.20. The SMILES string of the molecule is C=CCc1cccc(O)c1C(=O)Nc1c(C(C)C)cccc1C(C)C. The maximum Gasteiger partial charge on any atom is 0.259 e. The zero-order valence-electron chi connectivity index (χ0n) is 15.5. The first-order valence-corrected chi connectivity index (χ1v) is 8.72. The summed E-state index contributed by atoms with van der Waals surface area (Å²) in [6.45, 7) is 12.2. The van der Waals surface area contributed by atoms with E-state index in [0.29, 0.717) is 12.0 Å². The maximum absolute atomic E-state index is 13.0. The van der Waals surface area contributed by atoms with Gasteiger partial charge >= 0.3 is 0 Å². The molecule has 0 heterocycles. The van der Waals surface area contributed by atoms with E-state index in [9.17, 15) is 9.90 Å². The Morgan fingerprint density at radius 1 is 1.08 bits per heavy atom. The highest BCUT2D eigenvalue weighted by atomic mass is 16.3. The highest BCUT2D eigenvalue weighted by molar-refractivity contribution is 6.08. The molecule has 0 fully saturated rings. The zero-order valence-corrected chi connectivity index (χ0v) is 15.5. The number of phenols is 1. The minimum Gasteiger partial charge on any atom is -0.507 e. The topological polar surface area (TPSA) is 49.3 Å². The Morgan fingerprint density at radius 2 is 1.64 bits per heavy atom. The minimum atomic E-state index is -0.287. The molecule has 0 unspecified atom stereocenters. The first kappa shape index (κ1) is 18.8. The third-order valence-electron chi connectivity index (χ3n) is 4.33. The van der Waals surface area contributed by atoms with Crippen molar-refractivity contribution in [2.45, 2.75) is 46.0 Å². The Kier molecular flexibility index (Phi) is 6.02. The Bertz CT molecular complexity index is 749. The van der Waals surface area contributed by atoms with E-state index in [1.807, 2.05) is 24.3 Å². The van der Waals surface area contributed by atoms with Crippen molar-refractivity contribution in [2.24, 2.45) is 0 Å². The van der Waals surface area contributed by atoms with Gasteiger partial charge in [0.25, 0.3) is 5.91 Å². The van der Waals surface area contributed by atoms with Crippen molar-refractivity contribution < 1.29 is 9.90 Å². The number of hydrogen-bond acceptors (Lipinski definition) is 2. The second kappa shape index (κ2) is 8.02. The maximum atomic E-state index is 13.0. The Hall–Kier alpha value is -2.55. The van der Waals surface area contributed by atoms with Crippen molar-refractivity contribution in [1.82, 2.24) is 0 Å². The molecule has 0 saturated heterocycles. The predicted octanol–water partition coefficient (Wildman–Crippen LogP) is 5.62. The molecule has 0 radical (unpaired) electrons. The molecule has 132 valence electrons. The molecule has 0 aliphatic rings. The van der Waals surface area contributed by atoms with E-state index in [4.69, 9.17) is 0 Å². The van der Waals surface area contributed by atoms with Gasteiger partial charge < -0.3 is 10.4 Å².